The maximum Gasteiger partial charge on any atom is 0.155 e. The zero-order valence-corrected chi connectivity index (χ0v) is 12.2. The molecule has 0 radical (unpaired) electrons. The molecule has 19 heavy (non-hydrogen) atoms. The second kappa shape index (κ2) is 6.58. The van der Waals surface area contributed by atoms with E-state index in [4.69, 9.17) is 22.5 Å². The molecule has 100 valence electrons. The van der Waals surface area contributed by atoms with Gasteiger partial charge < -0.3 is 15.6 Å². The van der Waals surface area contributed by atoms with Gasteiger partial charge in [0.25, 0.3) is 0 Å². The lowest BCUT2D eigenvalue weighted by Crippen LogP contribution is -2.14. The van der Waals surface area contributed by atoms with Crippen molar-refractivity contribution in [2.75, 3.05) is 11.1 Å². The van der Waals surface area contributed by atoms with Crippen molar-refractivity contribution in [2.45, 2.75) is 18.4 Å². The van der Waals surface area contributed by atoms with Crippen LogP contribution in [0, 0.1) is 0 Å². The van der Waals surface area contributed by atoms with Crippen LogP contribution in [0.3, 0.4) is 0 Å². The Kier molecular flexibility index (Phi) is 4.81. The van der Waals surface area contributed by atoms with E-state index in [0.29, 0.717) is 11.5 Å². The molecule has 0 atom stereocenters. The molecule has 0 amide bonds. The van der Waals surface area contributed by atoms with Crippen LogP contribution in [0.15, 0.2) is 39.9 Å². The number of thiocarbonyl (C=S) groups is 1. The van der Waals surface area contributed by atoms with Gasteiger partial charge in [0.05, 0.1) is 12.7 Å². The second-order valence-corrected chi connectivity index (χ2v) is 5.55. The number of rotatable bonds is 6. The minimum atomic E-state index is 0.400. The molecule has 0 saturated carbocycles. The average molecular weight is 293 g/mol. The van der Waals surface area contributed by atoms with Crippen LogP contribution in [-0.2, 0) is 6.54 Å². The van der Waals surface area contributed by atoms with Crippen molar-refractivity contribution in [3.8, 4) is 0 Å². The third kappa shape index (κ3) is 3.48. The van der Waals surface area contributed by atoms with Gasteiger partial charge in [0, 0.05) is 22.2 Å². The van der Waals surface area contributed by atoms with Crippen LogP contribution < -0.4 is 11.1 Å². The third-order valence-electron chi connectivity index (χ3n) is 2.52. The normalized spacial score (nSPS) is 10.4. The molecule has 6 heteroatoms. The van der Waals surface area contributed by atoms with Crippen molar-refractivity contribution in [2.24, 2.45) is 5.73 Å². The largest absolute Gasteiger partial charge is 0.389 e. The monoisotopic (exact) mass is 293 g/mol. The van der Waals surface area contributed by atoms with Crippen LogP contribution in [-0.4, -0.2) is 15.9 Å². The third-order valence-corrected chi connectivity index (χ3v) is 3.66. The Morgan fingerprint density at radius 3 is 2.95 bits per heavy atom. The predicted molar refractivity (Wildman–Crippen MR) is 82.6 cm³/mol. The zero-order chi connectivity index (χ0) is 13.7. The summed E-state index contributed by atoms with van der Waals surface area (Å²) in [6, 6.07) is 7.80. The summed E-state index contributed by atoms with van der Waals surface area (Å²) < 4.78 is 5.05. The smallest absolute Gasteiger partial charge is 0.155 e. The summed E-state index contributed by atoms with van der Waals surface area (Å²) in [5.74, 6) is 1.74. The van der Waals surface area contributed by atoms with Crippen LogP contribution in [0.25, 0.3) is 0 Å². The Morgan fingerprint density at radius 1 is 1.47 bits per heavy atom. The fourth-order valence-electron chi connectivity index (χ4n) is 1.72. The van der Waals surface area contributed by atoms with Gasteiger partial charge in [0.2, 0.25) is 0 Å². The van der Waals surface area contributed by atoms with Gasteiger partial charge in [0.15, 0.2) is 5.76 Å². The number of hydrogen-bond donors (Lipinski definition) is 2. The lowest BCUT2D eigenvalue weighted by molar-refractivity contribution is 0.388. The number of nitrogens with one attached hydrogen (secondary N) is 1. The molecule has 2 aromatic rings. The highest BCUT2D eigenvalue weighted by Gasteiger charge is 2.11. The number of nitrogens with zero attached hydrogens (tertiary/aromatic N) is 1. The Balaban J connectivity index is 2.23. The molecule has 4 nitrogen and oxygen atoms in total. The molecule has 0 bridgehead atoms. The van der Waals surface area contributed by atoms with Crippen molar-refractivity contribution in [1.29, 1.82) is 0 Å². The molecule has 0 fully saturated rings. The summed E-state index contributed by atoms with van der Waals surface area (Å²) in [5.41, 5.74) is 7.65. The van der Waals surface area contributed by atoms with E-state index in [1.54, 1.807) is 18.0 Å². The SMILES string of the molecule is CCSc1cccc(NCc2ccno2)c1C(N)=S. The molecule has 0 spiro atoms. The Bertz CT molecular complexity index is 555. The maximum absolute atomic E-state index is 5.84. The van der Waals surface area contributed by atoms with Gasteiger partial charge in [-0.1, -0.05) is 30.4 Å². The number of hydrogen-bond acceptors (Lipinski definition) is 5. The highest BCUT2D eigenvalue weighted by atomic mass is 32.2. The number of aromatic nitrogens is 1. The van der Waals surface area contributed by atoms with E-state index in [0.717, 1.165) is 27.7 Å². The summed E-state index contributed by atoms with van der Waals surface area (Å²) in [6.07, 6.45) is 1.62. The first kappa shape index (κ1) is 13.9. The Hall–Kier alpha value is -1.53. The van der Waals surface area contributed by atoms with E-state index in [1.165, 1.54) is 0 Å². The zero-order valence-electron chi connectivity index (χ0n) is 10.6. The molecule has 3 N–H and O–H groups in total. The van der Waals surface area contributed by atoms with E-state index >= 15 is 0 Å². The summed E-state index contributed by atoms with van der Waals surface area (Å²) in [6.45, 7) is 2.65. The molecule has 0 aliphatic heterocycles. The van der Waals surface area contributed by atoms with Crippen molar-refractivity contribution in [3.05, 3.63) is 41.8 Å². The van der Waals surface area contributed by atoms with E-state index in [9.17, 15) is 0 Å². The lowest BCUT2D eigenvalue weighted by Gasteiger charge is -2.14. The molecular weight excluding hydrogens is 278 g/mol. The molecule has 1 aromatic heterocycles. The molecule has 0 aliphatic carbocycles. The fourth-order valence-corrected chi connectivity index (χ4v) is 2.86. The summed E-state index contributed by atoms with van der Waals surface area (Å²) in [5, 5.41) is 6.95. The van der Waals surface area contributed by atoms with Gasteiger partial charge in [0.1, 0.15) is 4.99 Å². The van der Waals surface area contributed by atoms with Crippen molar-refractivity contribution in [1.82, 2.24) is 5.16 Å². The van der Waals surface area contributed by atoms with E-state index in [1.807, 2.05) is 24.3 Å². The van der Waals surface area contributed by atoms with Gasteiger partial charge in [-0.2, -0.15) is 0 Å². The molecule has 0 saturated heterocycles. The topological polar surface area (TPSA) is 64.1 Å². The van der Waals surface area contributed by atoms with E-state index < -0.39 is 0 Å². The van der Waals surface area contributed by atoms with Crippen LogP contribution in [0.5, 0.6) is 0 Å². The number of benzene rings is 1. The quantitative estimate of drug-likeness (QED) is 0.630. The van der Waals surface area contributed by atoms with Crippen molar-refractivity contribution < 1.29 is 4.52 Å². The standard InChI is InChI=1S/C13H15N3OS2/c1-2-19-11-5-3-4-10(12(11)13(14)18)15-8-9-6-7-16-17-9/h3-7,15H,2,8H2,1H3,(H2,14,18). The van der Waals surface area contributed by atoms with Crippen LogP contribution in [0.4, 0.5) is 5.69 Å². The first-order chi connectivity index (χ1) is 9.22. The molecule has 1 aromatic carbocycles. The minimum absolute atomic E-state index is 0.400. The predicted octanol–water partition coefficient (Wildman–Crippen LogP) is 3.03. The van der Waals surface area contributed by atoms with Crippen LogP contribution in [0.1, 0.15) is 18.2 Å². The summed E-state index contributed by atoms with van der Waals surface area (Å²) >= 11 is 6.88. The minimum Gasteiger partial charge on any atom is -0.389 e. The number of thioether (sulfide) groups is 1. The van der Waals surface area contributed by atoms with Crippen LogP contribution in [0.2, 0.25) is 0 Å². The Morgan fingerprint density at radius 2 is 2.32 bits per heavy atom. The van der Waals surface area contributed by atoms with Gasteiger partial charge in [-0.05, 0) is 17.9 Å². The number of nitrogens with two attached hydrogens (primary N) is 1. The van der Waals surface area contributed by atoms with Gasteiger partial charge in [-0.3, -0.25) is 0 Å². The van der Waals surface area contributed by atoms with E-state index in [2.05, 4.69) is 17.4 Å². The maximum atomic E-state index is 5.84. The highest BCUT2D eigenvalue weighted by molar-refractivity contribution is 7.99. The summed E-state index contributed by atoms with van der Waals surface area (Å²) in [4.78, 5) is 1.49. The van der Waals surface area contributed by atoms with Crippen molar-refractivity contribution >= 4 is 34.7 Å². The average Bonchev–Trinajstić information content (AvgIpc) is 2.89. The first-order valence-corrected chi connectivity index (χ1v) is 7.30. The first-order valence-electron chi connectivity index (χ1n) is 5.91. The highest BCUT2D eigenvalue weighted by Crippen LogP contribution is 2.28. The van der Waals surface area contributed by atoms with Crippen LogP contribution >= 0.6 is 24.0 Å². The molecule has 1 heterocycles. The van der Waals surface area contributed by atoms with Gasteiger partial charge >= 0.3 is 0 Å². The van der Waals surface area contributed by atoms with Gasteiger partial charge in [-0.15, -0.1) is 11.8 Å². The second-order valence-electron chi connectivity index (χ2n) is 3.81. The molecule has 0 unspecified atom stereocenters. The lowest BCUT2D eigenvalue weighted by atomic mass is 10.1. The molecule has 2 rings (SSSR count). The fraction of sp³-hybridized carbons (Fsp3) is 0.231. The molecular formula is C13H15N3OS2. The molecule has 0 aliphatic rings. The van der Waals surface area contributed by atoms with Crippen molar-refractivity contribution in [3.63, 3.8) is 0 Å². The summed E-state index contributed by atoms with van der Waals surface area (Å²) in [7, 11) is 0. The Labute approximate surface area is 121 Å². The van der Waals surface area contributed by atoms with Gasteiger partial charge in [-0.25, -0.2) is 0 Å². The number of anilines is 1. The van der Waals surface area contributed by atoms with E-state index in [-0.39, 0.29) is 0 Å².